The molecule has 3 heteroatoms. The fourth-order valence-corrected chi connectivity index (χ4v) is 3.06. The van der Waals surface area contributed by atoms with Gasteiger partial charge in [-0.25, -0.2) is 0 Å². The number of fused-ring (bicyclic) bond motifs is 1. The van der Waals surface area contributed by atoms with Crippen molar-refractivity contribution in [2.24, 2.45) is 0 Å². The van der Waals surface area contributed by atoms with Crippen LogP contribution in [0.15, 0.2) is 54.6 Å². The Morgan fingerprint density at radius 1 is 1.13 bits per heavy atom. The maximum Gasteiger partial charge on any atom is 0.191 e. The van der Waals surface area contributed by atoms with E-state index < -0.39 is 0 Å². The van der Waals surface area contributed by atoms with Gasteiger partial charge in [0.25, 0.3) is 0 Å². The summed E-state index contributed by atoms with van der Waals surface area (Å²) in [6, 6.07) is 15.5. The average Bonchev–Trinajstić information content (AvgIpc) is 2.53. The lowest BCUT2D eigenvalue weighted by Gasteiger charge is -2.35. The smallest absolute Gasteiger partial charge is 0.191 e. The first-order valence-corrected chi connectivity index (χ1v) is 7.76. The van der Waals surface area contributed by atoms with Crippen LogP contribution in [0.5, 0.6) is 5.75 Å². The summed E-state index contributed by atoms with van der Waals surface area (Å²) in [5.41, 5.74) is 3.71. The normalized spacial score (nSPS) is 17.3. The van der Waals surface area contributed by atoms with E-state index in [1.54, 1.807) is 25.3 Å². The van der Waals surface area contributed by atoms with E-state index >= 15 is 0 Å². The minimum atomic E-state index is -0.0821. The van der Waals surface area contributed by atoms with Crippen LogP contribution in [0.3, 0.4) is 0 Å². The van der Waals surface area contributed by atoms with Crippen LogP contribution in [0.25, 0.3) is 5.70 Å². The molecule has 0 fully saturated rings. The molecule has 0 radical (unpaired) electrons. The van der Waals surface area contributed by atoms with Crippen molar-refractivity contribution in [1.29, 1.82) is 0 Å². The molecule has 1 heterocycles. The van der Waals surface area contributed by atoms with Gasteiger partial charge in [-0.1, -0.05) is 36.4 Å². The third-order valence-corrected chi connectivity index (χ3v) is 4.06. The summed E-state index contributed by atoms with van der Waals surface area (Å²) >= 11 is 0. The van der Waals surface area contributed by atoms with E-state index in [1.807, 2.05) is 24.3 Å². The lowest BCUT2D eigenvalue weighted by molar-refractivity contribution is 0.104. The molecule has 0 saturated heterocycles. The molecule has 23 heavy (non-hydrogen) atoms. The van der Waals surface area contributed by atoms with E-state index in [-0.39, 0.29) is 11.3 Å². The molecule has 2 aromatic carbocycles. The molecule has 2 aromatic rings. The van der Waals surface area contributed by atoms with Crippen molar-refractivity contribution in [1.82, 2.24) is 5.32 Å². The number of rotatable bonds is 3. The zero-order valence-corrected chi connectivity index (χ0v) is 13.7. The van der Waals surface area contributed by atoms with Crippen molar-refractivity contribution in [2.45, 2.75) is 25.8 Å². The number of carbonyl (C=O) groups is 1. The summed E-state index contributed by atoms with van der Waals surface area (Å²) in [4.78, 5) is 12.7. The van der Waals surface area contributed by atoms with Gasteiger partial charge in [0.2, 0.25) is 0 Å². The minimum Gasteiger partial charge on any atom is -0.496 e. The number of hydrogen-bond donors (Lipinski definition) is 1. The van der Waals surface area contributed by atoms with Crippen molar-refractivity contribution < 1.29 is 9.53 Å². The number of benzene rings is 2. The molecule has 0 unspecified atom stereocenters. The van der Waals surface area contributed by atoms with Gasteiger partial charge in [0, 0.05) is 22.9 Å². The number of carbonyl (C=O) groups excluding carboxylic acids is 1. The molecule has 3 rings (SSSR count). The molecule has 0 bridgehead atoms. The third kappa shape index (κ3) is 3.14. The second-order valence-electron chi connectivity index (χ2n) is 6.47. The largest absolute Gasteiger partial charge is 0.496 e. The number of allylic oxidation sites excluding steroid dienone is 1. The van der Waals surface area contributed by atoms with E-state index in [1.165, 1.54) is 5.56 Å². The Labute approximate surface area is 137 Å². The molecule has 0 saturated carbocycles. The van der Waals surface area contributed by atoms with Crippen LogP contribution in [0.1, 0.15) is 35.3 Å². The Bertz CT molecular complexity index is 775. The molecular weight excluding hydrogens is 286 g/mol. The molecule has 0 aliphatic carbocycles. The highest BCUT2D eigenvalue weighted by molar-refractivity contribution is 6.10. The van der Waals surface area contributed by atoms with Crippen molar-refractivity contribution in [3.05, 3.63) is 71.3 Å². The number of para-hydroxylation sites is 1. The summed E-state index contributed by atoms with van der Waals surface area (Å²) in [6.07, 6.45) is 2.61. The molecular formula is C20H21NO2. The summed E-state index contributed by atoms with van der Waals surface area (Å²) in [6.45, 7) is 4.29. The highest BCUT2D eigenvalue weighted by Gasteiger charge is 2.27. The predicted molar refractivity (Wildman–Crippen MR) is 92.7 cm³/mol. The Hall–Kier alpha value is -2.55. The van der Waals surface area contributed by atoms with Crippen molar-refractivity contribution in [2.75, 3.05) is 7.11 Å². The maximum absolute atomic E-state index is 12.7. The van der Waals surface area contributed by atoms with Crippen molar-refractivity contribution in [3.8, 4) is 5.75 Å². The molecule has 0 atom stereocenters. The zero-order chi connectivity index (χ0) is 16.4. The Morgan fingerprint density at radius 2 is 1.83 bits per heavy atom. The van der Waals surface area contributed by atoms with Crippen LogP contribution < -0.4 is 10.1 Å². The highest BCUT2D eigenvalue weighted by atomic mass is 16.5. The lowest BCUT2D eigenvalue weighted by Crippen LogP contribution is -2.43. The van der Waals surface area contributed by atoms with Crippen molar-refractivity contribution >= 4 is 11.5 Å². The predicted octanol–water partition coefficient (Wildman–Crippen LogP) is 3.84. The number of hydrogen-bond acceptors (Lipinski definition) is 3. The SMILES string of the molecule is COc1ccccc1C(=O)C=C1NC(C)(C)Cc2ccccc21. The summed E-state index contributed by atoms with van der Waals surface area (Å²) in [5.74, 6) is 0.537. The van der Waals surface area contributed by atoms with Crippen LogP contribution >= 0.6 is 0 Å². The molecule has 3 nitrogen and oxygen atoms in total. The molecule has 0 amide bonds. The van der Waals surface area contributed by atoms with Gasteiger partial charge in [0.05, 0.1) is 12.7 Å². The van der Waals surface area contributed by atoms with Crippen LogP contribution in [0.2, 0.25) is 0 Å². The van der Waals surface area contributed by atoms with Gasteiger partial charge in [-0.15, -0.1) is 0 Å². The standard InChI is InChI=1S/C20H21NO2/c1-20(2)13-14-8-4-5-9-15(14)17(21-20)12-18(22)16-10-6-7-11-19(16)23-3/h4-12,21H,13H2,1-3H3. The molecule has 0 spiro atoms. The first-order valence-electron chi connectivity index (χ1n) is 7.76. The van der Waals surface area contributed by atoms with Gasteiger partial charge < -0.3 is 10.1 Å². The topological polar surface area (TPSA) is 38.3 Å². The first kappa shape index (κ1) is 15.3. The average molecular weight is 307 g/mol. The minimum absolute atomic E-state index is 0.0579. The van der Waals surface area contributed by atoms with E-state index in [2.05, 4.69) is 31.3 Å². The van der Waals surface area contributed by atoms with Gasteiger partial charge in [0.15, 0.2) is 5.78 Å². The van der Waals surface area contributed by atoms with Gasteiger partial charge in [0.1, 0.15) is 5.75 Å². The zero-order valence-electron chi connectivity index (χ0n) is 13.7. The summed E-state index contributed by atoms with van der Waals surface area (Å²) < 4.78 is 5.30. The lowest BCUT2D eigenvalue weighted by atomic mass is 9.85. The number of ether oxygens (including phenoxy) is 1. The monoisotopic (exact) mass is 307 g/mol. The summed E-state index contributed by atoms with van der Waals surface area (Å²) in [5, 5.41) is 3.49. The Morgan fingerprint density at radius 3 is 2.61 bits per heavy atom. The first-order chi connectivity index (χ1) is 11.0. The maximum atomic E-state index is 12.7. The van der Waals surface area contributed by atoms with E-state index in [0.29, 0.717) is 11.3 Å². The van der Waals surface area contributed by atoms with Crippen LogP contribution in [0, 0.1) is 0 Å². The molecule has 1 N–H and O–H groups in total. The van der Waals surface area contributed by atoms with Gasteiger partial charge >= 0.3 is 0 Å². The number of nitrogens with one attached hydrogen (secondary N) is 1. The second-order valence-corrected chi connectivity index (χ2v) is 6.47. The van der Waals surface area contributed by atoms with Crippen LogP contribution in [0.4, 0.5) is 0 Å². The molecule has 0 aromatic heterocycles. The fourth-order valence-electron chi connectivity index (χ4n) is 3.06. The molecule has 1 aliphatic rings. The Balaban J connectivity index is 2.03. The quantitative estimate of drug-likeness (QED) is 0.691. The van der Waals surface area contributed by atoms with Crippen molar-refractivity contribution in [3.63, 3.8) is 0 Å². The number of ketones is 1. The van der Waals surface area contributed by atoms with Gasteiger partial charge in [-0.05, 0) is 38.0 Å². The van der Waals surface area contributed by atoms with Crippen LogP contribution in [-0.2, 0) is 6.42 Å². The molecule has 1 aliphatic heterocycles. The van der Waals surface area contributed by atoms with Gasteiger partial charge in [-0.3, -0.25) is 4.79 Å². The highest BCUT2D eigenvalue weighted by Crippen LogP contribution is 2.30. The Kier molecular flexibility index (Phi) is 3.95. The fraction of sp³-hybridized carbons (Fsp3) is 0.250. The van der Waals surface area contributed by atoms with E-state index in [9.17, 15) is 4.79 Å². The number of methoxy groups -OCH3 is 1. The van der Waals surface area contributed by atoms with E-state index in [0.717, 1.165) is 17.7 Å². The van der Waals surface area contributed by atoms with Gasteiger partial charge in [-0.2, -0.15) is 0 Å². The molecule has 118 valence electrons. The third-order valence-electron chi connectivity index (χ3n) is 4.06. The summed E-state index contributed by atoms with van der Waals surface area (Å²) in [7, 11) is 1.58. The second kappa shape index (κ2) is 5.92. The van der Waals surface area contributed by atoms with E-state index in [4.69, 9.17) is 4.74 Å². The van der Waals surface area contributed by atoms with Crippen LogP contribution in [-0.4, -0.2) is 18.4 Å².